The first-order chi connectivity index (χ1) is 12.4. The van der Waals surface area contributed by atoms with Crippen molar-refractivity contribution >= 4 is 17.5 Å². The average Bonchev–Trinajstić information content (AvgIpc) is 2.93. The van der Waals surface area contributed by atoms with Gasteiger partial charge in [-0.05, 0) is 56.2 Å². The van der Waals surface area contributed by atoms with Crippen LogP contribution in [0.1, 0.15) is 27.0 Å². The molecule has 26 heavy (non-hydrogen) atoms. The van der Waals surface area contributed by atoms with E-state index >= 15 is 0 Å². The summed E-state index contributed by atoms with van der Waals surface area (Å²) in [7, 11) is 1.84. The van der Waals surface area contributed by atoms with Crippen LogP contribution in [0.3, 0.4) is 0 Å². The molecule has 1 aromatic heterocycles. The third-order valence-corrected chi connectivity index (χ3v) is 5.25. The summed E-state index contributed by atoms with van der Waals surface area (Å²) in [5.74, 6) is 0.721. The summed E-state index contributed by atoms with van der Waals surface area (Å²) in [5.41, 5.74) is 4.71. The van der Waals surface area contributed by atoms with E-state index in [1.54, 1.807) is 12.1 Å². The molecule has 0 spiro atoms. The van der Waals surface area contributed by atoms with Crippen molar-refractivity contribution in [1.82, 2.24) is 14.8 Å². The van der Waals surface area contributed by atoms with E-state index in [0.717, 1.165) is 27.8 Å². The van der Waals surface area contributed by atoms with Crippen LogP contribution < -0.4 is 0 Å². The minimum Gasteiger partial charge on any atom is -0.305 e. The van der Waals surface area contributed by atoms with Crippen molar-refractivity contribution in [2.75, 3.05) is 5.75 Å². The Labute approximate surface area is 156 Å². The Morgan fingerprint density at radius 3 is 2.31 bits per heavy atom. The minimum absolute atomic E-state index is 0.0799. The highest BCUT2D eigenvalue weighted by Gasteiger charge is 2.16. The van der Waals surface area contributed by atoms with Crippen molar-refractivity contribution in [1.29, 1.82) is 0 Å². The first-order valence-electron chi connectivity index (χ1n) is 8.26. The highest BCUT2D eigenvalue weighted by molar-refractivity contribution is 7.99. The molecular weight excluding hydrogens is 349 g/mol. The van der Waals surface area contributed by atoms with E-state index in [-0.39, 0.29) is 11.6 Å². The van der Waals surface area contributed by atoms with Gasteiger partial charge in [-0.25, -0.2) is 4.39 Å². The number of carbonyl (C=O) groups excluding carboxylic acids is 1. The van der Waals surface area contributed by atoms with E-state index in [1.165, 1.54) is 23.9 Å². The lowest BCUT2D eigenvalue weighted by molar-refractivity contribution is 0.102. The molecule has 0 aliphatic heterocycles. The fourth-order valence-corrected chi connectivity index (χ4v) is 3.90. The second-order valence-corrected chi connectivity index (χ2v) is 7.30. The van der Waals surface area contributed by atoms with Gasteiger partial charge in [-0.3, -0.25) is 4.79 Å². The van der Waals surface area contributed by atoms with Gasteiger partial charge >= 0.3 is 0 Å². The molecule has 0 saturated carbocycles. The van der Waals surface area contributed by atoms with Gasteiger partial charge in [0.05, 0.1) is 5.75 Å². The van der Waals surface area contributed by atoms with Crippen LogP contribution >= 0.6 is 11.8 Å². The molecule has 0 fully saturated rings. The number of nitrogens with zero attached hydrogens (tertiary/aromatic N) is 3. The lowest BCUT2D eigenvalue weighted by atomic mass is 9.97. The van der Waals surface area contributed by atoms with Gasteiger partial charge in [0.2, 0.25) is 0 Å². The number of hydrogen-bond donors (Lipinski definition) is 0. The largest absolute Gasteiger partial charge is 0.305 e. The van der Waals surface area contributed by atoms with Gasteiger partial charge in [0, 0.05) is 18.2 Å². The topological polar surface area (TPSA) is 47.8 Å². The van der Waals surface area contributed by atoms with Gasteiger partial charge in [-0.1, -0.05) is 29.5 Å². The van der Waals surface area contributed by atoms with Gasteiger partial charge in [0.25, 0.3) is 0 Å². The van der Waals surface area contributed by atoms with E-state index in [4.69, 9.17) is 0 Å². The molecule has 0 atom stereocenters. The van der Waals surface area contributed by atoms with Gasteiger partial charge < -0.3 is 4.57 Å². The zero-order valence-corrected chi connectivity index (χ0v) is 16.0. The zero-order valence-electron chi connectivity index (χ0n) is 15.2. The van der Waals surface area contributed by atoms with Crippen LogP contribution in [0.5, 0.6) is 0 Å². The second kappa shape index (κ2) is 7.41. The molecule has 134 valence electrons. The van der Waals surface area contributed by atoms with Crippen LogP contribution in [0.2, 0.25) is 0 Å². The Morgan fingerprint density at radius 1 is 1.08 bits per heavy atom. The van der Waals surface area contributed by atoms with Crippen LogP contribution in [0.4, 0.5) is 4.39 Å². The molecule has 6 heteroatoms. The number of ketones is 1. The lowest BCUT2D eigenvalue weighted by Gasteiger charge is -2.10. The van der Waals surface area contributed by atoms with Crippen LogP contribution in [-0.2, 0) is 7.05 Å². The number of rotatable bonds is 5. The summed E-state index contributed by atoms with van der Waals surface area (Å²) in [4.78, 5) is 12.7. The number of thioether (sulfide) groups is 1. The van der Waals surface area contributed by atoms with Crippen LogP contribution in [0, 0.1) is 26.6 Å². The molecule has 2 aromatic carbocycles. The first-order valence-corrected chi connectivity index (χ1v) is 9.24. The summed E-state index contributed by atoms with van der Waals surface area (Å²) in [6.45, 7) is 5.96. The molecule has 4 nitrogen and oxygen atoms in total. The molecular formula is C20H20FN3OS. The predicted molar refractivity (Wildman–Crippen MR) is 102 cm³/mol. The molecule has 0 amide bonds. The molecule has 0 aliphatic carbocycles. The molecule has 1 heterocycles. The normalized spacial score (nSPS) is 11.0. The summed E-state index contributed by atoms with van der Waals surface area (Å²) >= 11 is 1.36. The average molecular weight is 369 g/mol. The molecule has 3 aromatic rings. The number of hydrogen-bond acceptors (Lipinski definition) is 4. The van der Waals surface area contributed by atoms with E-state index in [1.807, 2.05) is 44.5 Å². The molecule has 0 saturated heterocycles. The SMILES string of the molecule is Cc1cc(C)c(C(=O)CSc2nnc(-c3ccc(F)cc3)n2C)c(C)c1. The fourth-order valence-electron chi connectivity index (χ4n) is 3.11. The standard InChI is InChI=1S/C20H20FN3OS/c1-12-9-13(2)18(14(3)10-12)17(25)11-26-20-23-22-19(24(20)4)15-5-7-16(21)8-6-15/h5-10H,11H2,1-4H3. The van der Waals surface area contributed by atoms with Crippen LogP contribution in [0.15, 0.2) is 41.6 Å². The number of Topliss-reactive ketones (excluding diaryl/α,β-unsaturated/α-hetero) is 1. The highest BCUT2D eigenvalue weighted by atomic mass is 32.2. The molecule has 0 radical (unpaired) electrons. The second-order valence-electron chi connectivity index (χ2n) is 6.36. The molecule has 3 rings (SSSR count). The van der Waals surface area contributed by atoms with Crippen molar-refractivity contribution in [3.05, 3.63) is 64.5 Å². The van der Waals surface area contributed by atoms with Crippen LogP contribution in [0.25, 0.3) is 11.4 Å². The van der Waals surface area contributed by atoms with Crippen molar-refractivity contribution in [2.45, 2.75) is 25.9 Å². The number of carbonyl (C=O) groups is 1. The minimum atomic E-state index is -0.292. The summed E-state index contributed by atoms with van der Waals surface area (Å²) < 4.78 is 14.9. The number of benzene rings is 2. The molecule has 0 aliphatic rings. The lowest BCUT2D eigenvalue weighted by Crippen LogP contribution is -2.08. The molecule has 0 unspecified atom stereocenters. The maximum Gasteiger partial charge on any atom is 0.191 e. The first kappa shape index (κ1) is 18.3. The highest BCUT2D eigenvalue weighted by Crippen LogP contribution is 2.25. The Kier molecular flexibility index (Phi) is 5.23. The summed E-state index contributed by atoms with van der Waals surface area (Å²) in [6.07, 6.45) is 0. The van der Waals surface area contributed by atoms with Crippen molar-refractivity contribution < 1.29 is 9.18 Å². The maximum absolute atomic E-state index is 13.1. The van der Waals surface area contributed by atoms with Gasteiger partial charge in [-0.15, -0.1) is 10.2 Å². The third-order valence-electron chi connectivity index (χ3n) is 4.23. The number of aryl methyl sites for hydroxylation is 3. The van der Waals surface area contributed by atoms with E-state index < -0.39 is 0 Å². The molecule has 0 bridgehead atoms. The maximum atomic E-state index is 13.1. The van der Waals surface area contributed by atoms with Crippen molar-refractivity contribution in [3.63, 3.8) is 0 Å². The Bertz CT molecular complexity index is 941. The Hall–Kier alpha value is -2.47. The van der Waals surface area contributed by atoms with Crippen molar-refractivity contribution in [2.24, 2.45) is 7.05 Å². The summed E-state index contributed by atoms with van der Waals surface area (Å²) in [5, 5.41) is 8.99. The van der Waals surface area contributed by atoms with Gasteiger partial charge in [-0.2, -0.15) is 0 Å². The van der Waals surface area contributed by atoms with Gasteiger partial charge in [0.15, 0.2) is 16.8 Å². The smallest absolute Gasteiger partial charge is 0.191 e. The quantitative estimate of drug-likeness (QED) is 0.490. The third kappa shape index (κ3) is 3.70. The zero-order chi connectivity index (χ0) is 18.8. The van der Waals surface area contributed by atoms with E-state index in [9.17, 15) is 9.18 Å². The van der Waals surface area contributed by atoms with Gasteiger partial charge in [0.1, 0.15) is 5.82 Å². The predicted octanol–water partition coefficient (Wildman–Crippen LogP) is 4.52. The van der Waals surface area contributed by atoms with Crippen molar-refractivity contribution in [3.8, 4) is 11.4 Å². The number of aromatic nitrogens is 3. The number of halogens is 1. The van der Waals surface area contributed by atoms with Crippen LogP contribution in [-0.4, -0.2) is 26.3 Å². The van der Waals surface area contributed by atoms with E-state index in [0.29, 0.717) is 16.7 Å². The fraction of sp³-hybridized carbons (Fsp3) is 0.250. The monoisotopic (exact) mass is 369 g/mol. The summed E-state index contributed by atoms with van der Waals surface area (Å²) in [6, 6.07) is 10.2. The molecule has 0 N–H and O–H groups in total. The Balaban J connectivity index is 1.77. The van der Waals surface area contributed by atoms with E-state index in [2.05, 4.69) is 10.2 Å². The Morgan fingerprint density at radius 2 is 1.69 bits per heavy atom.